The summed E-state index contributed by atoms with van der Waals surface area (Å²) in [5.74, 6) is 2.53. The molecule has 4 heteroatoms. The van der Waals surface area contributed by atoms with Crippen LogP contribution in [0.15, 0.2) is 102 Å². The van der Waals surface area contributed by atoms with Gasteiger partial charge in [0.25, 0.3) is 0 Å². The topological polar surface area (TPSA) is 26.3 Å². The molecule has 1 atom stereocenters. The Bertz CT molecular complexity index is 1330. The zero-order valence-corrected chi connectivity index (χ0v) is 29.1. The van der Waals surface area contributed by atoms with Crippen molar-refractivity contribution in [1.82, 2.24) is 0 Å². The lowest BCUT2D eigenvalue weighted by Crippen LogP contribution is -2.38. The van der Waals surface area contributed by atoms with Crippen LogP contribution in [0.1, 0.15) is 103 Å². The maximum Gasteiger partial charge on any atom is 0.331 e. The molecular weight excluding hydrogens is 589 g/mol. The van der Waals surface area contributed by atoms with Crippen LogP contribution in [0.5, 0.6) is 5.75 Å². The molecule has 0 aromatic heterocycles. The van der Waals surface area contributed by atoms with Crippen molar-refractivity contribution in [3.05, 3.63) is 103 Å². The predicted molar refractivity (Wildman–Crippen MR) is 198 cm³/mol. The highest BCUT2D eigenvalue weighted by Crippen LogP contribution is 2.39. The van der Waals surface area contributed by atoms with Crippen molar-refractivity contribution in [2.45, 2.75) is 107 Å². The van der Waals surface area contributed by atoms with Gasteiger partial charge < -0.3 is 4.74 Å². The second kappa shape index (κ2) is 19.7. The van der Waals surface area contributed by atoms with E-state index in [4.69, 9.17) is 4.74 Å². The van der Waals surface area contributed by atoms with Gasteiger partial charge in [-0.1, -0.05) is 151 Å². The molecular formula is C41H52O2S2. The lowest BCUT2D eigenvalue weighted by Gasteiger charge is -2.29. The first kappa shape index (κ1) is 35.2. The lowest BCUT2D eigenvalue weighted by atomic mass is 9.92. The Labute approximate surface area is 281 Å². The van der Waals surface area contributed by atoms with Crippen molar-refractivity contribution >= 4 is 35.1 Å². The number of hydrogen-bond acceptors (Lipinski definition) is 4. The number of carbonyl (C=O) groups excluding carboxylic acids is 1. The van der Waals surface area contributed by atoms with Gasteiger partial charge in [-0.2, -0.15) is 0 Å². The molecule has 0 amide bonds. The van der Waals surface area contributed by atoms with E-state index < -0.39 is 4.75 Å². The molecule has 0 bridgehead atoms. The van der Waals surface area contributed by atoms with Crippen LogP contribution >= 0.6 is 23.5 Å². The largest absolute Gasteiger partial charge is 0.425 e. The number of allylic oxidation sites excluding steroid dienone is 3. The molecule has 1 unspecified atom stereocenters. The first-order chi connectivity index (χ1) is 22.1. The van der Waals surface area contributed by atoms with Crippen LogP contribution in [0.25, 0.3) is 16.7 Å². The van der Waals surface area contributed by atoms with Crippen LogP contribution in [0.4, 0.5) is 0 Å². The molecule has 0 saturated heterocycles. The minimum absolute atomic E-state index is 0.190. The third-order valence-corrected chi connectivity index (χ3v) is 11.1. The predicted octanol–water partition coefficient (Wildman–Crippen LogP) is 12.6. The van der Waals surface area contributed by atoms with E-state index in [0.717, 1.165) is 23.3 Å². The Morgan fingerprint density at radius 1 is 0.667 bits per heavy atom. The van der Waals surface area contributed by atoms with Gasteiger partial charge >= 0.3 is 5.97 Å². The molecule has 4 rings (SSSR count). The molecule has 0 heterocycles. The van der Waals surface area contributed by atoms with E-state index in [0.29, 0.717) is 12.2 Å². The van der Waals surface area contributed by atoms with Crippen molar-refractivity contribution < 1.29 is 9.53 Å². The second-order valence-electron chi connectivity index (χ2n) is 12.1. The van der Waals surface area contributed by atoms with Gasteiger partial charge in [0.1, 0.15) is 10.5 Å². The maximum absolute atomic E-state index is 13.7. The Morgan fingerprint density at radius 2 is 1.24 bits per heavy atom. The Morgan fingerprint density at radius 3 is 1.87 bits per heavy atom. The van der Waals surface area contributed by atoms with Crippen LogP contribution in [-0.4, -0.2) is 22.2 Å². The highest BCUT2D eigenvalue weighted by Gasteiger charge is 2.39. The van der Waals surface area contributed by atoms with Crippen molar-refractivity contribution in [1.29, 1.82) is 0 Å². The summed E-state index contributed by atoms with van der Waals surface area (Å²) < 4.78 is 5.32. The standard InChI is InChI=1S/C41H52O2S2/c1-3-5-7-8-9-10-11-12-17-32-44-39-26-22-36(23-27-39)35-20-24-38(25-21-35)43-40(42)41(45-33-16-6-4-2)30-28-37(29-31-41)34-18-14-13-15-19-34/h13-15,18-30H,3-12,16-17,31-33H2,1-2H3. The number of thioether (sulfide) groups is 2. The third-order valence-electron chi connectivity index (χ3n) is 8.49. The highest BCUT2D eigenvalue weighted by molar-refractivity contribution is 8.01. The number of ether oxygens (including phenoxy) is 1. The summed E-state index contributed by atoms with van der Waals surface area (Å²) in [6.45, 7) is 4.49. The number of unbranched alkanes of at least 4 members (excludes halogenated alkanes) is 10. The monoisotopic (exact) mass is 640 g/mol. The van der Waals surface area contributed by atoms with Gasteiger partial charge in [0.2, 0.25) is 0 Å². The van der Waals surface area contributed by atoms with E-state index in [1.165, 1.54) is 92.4 Å². The van der Waals surface area contributed by atoms with E-state index in [-0.39, 0.29) is 5.97 Å². The van der Waals surface area contributed by atoms with Gasteiger partial charge in [-0.3, -0.25) is 0 Å². The number of carbonyl (C=O) groups is 1. The molecule has 1 aliphatic rings. The summed E-state index contributed by atoms with van der Waals surface area (Å²) in [5, 5.41) is 0. The molecule has 0 radical (unpaired) electrons. The van der Waals surface area contributed by atoms with Crippen molar-refractivity contribution in [2.24, 2.45) is 0 Å². The van der Waals surface area contributed by atoms with E-state index in [1.807, 2.05) is 30.0 Å². The van der Waals surface area contributed by atoms with E-state index in [1.54, 1.807) is 11.8 Å². The second-order valence-corrected chi connectivity index (χ2v) is 14.7. The minimum Gasteiger partial charge on any atom is -0.425 e. The first-order valence-corrected chi connectivity index (χ1v) is 19.2. The average molecular weight is 641 g/mol. The highest BCUT2D eigenvalue weighted by atomic mass is 32.2. The van der Waals surface area contributed by atoms with Gasteiger partial charge in [-0.15, -0.1) is 23.5 Å². The summed E-state index contributed by atoms with van der Waals surface area (Å²) >= 11 is 3.68. The van der Waals surface area contributed by atoms with Gasteiger partial charge in [-0.25, -0.2) is 4.79 Å². The number of rotatable bonds is 20. The van der Waals surface area contributed by atoms with E-state index in [9.17, 15) is 4.79 Å². The van der Waals surface area contributed by atoms with Gasteiger partial charge in [-0.05, 0) is 77.3 Å². The molecule has 0 saturated carbocycles. The summed E-state index contributed by atoms with van der Waals surface area (Å²) in [6, 6.07) is 27.2. The smallest absolute Gasteiger partial charge is 0.331 e. The van der Waals surface area contributed by atoms with Crippen molar-refractivity contribution in [3.63, 3.8) is 0 Å². The Kier molecular flexibility index (Phi) is 15.4. The van der Waals surface area contributed by atoms with Crippen molar-refractivity contribution in [2.75, 3.05) is 11.5 Å². The Balaban J connectivity index is 1.27. The zero-order chi connectivity index (χ0) is 31.6. The molecule has 0 spiro atoms. The molecule has 1 aliphatic carbocycles. The van der Waals surface area contributed by atoms with Crippen LogP contribution in [-0.2, 0) is 4.79 Å². The molecule has 0 aliphatic heterocycles. The molecule has 3 aromatic rings. The fourth-order valence-electron chi connectivity index (χ4n) is 5.65. The third kappa shape index (κ3) is 11.6. The fourth-order valence-corrected chi connectivity index (χ4v) is 7.80. The van der Waals surface area contributed by atoms with E-state index >= 15 is 0 Å². The molecule has 0 N–H and O–H groups in total. The summed E-state index contributed by atoms with van der Waals surface area (Å²) in [4.78, 5) is 15.0. The zero-order valence-electron chi connectivity index (χ0n) is 27.5. The normalized spacial score (nSPS) is 16.0. The summed E-state index contributed by atoms with van der Waals surface area (Å²) in [6.07, 6.45) is 22.8. The van der Waals surface area contributed by atoms with Crippen LogP contribution in [0.3, 0.4) is 0 Å². The molecule has 2 nitrogen and oxygen atoms in total. The van der Waals surface area contributed by atoms with E-state index in [2.05, 4.69) is 92.7 Å². The first-order valence-electron chi connectivity index (χ1n) is 17.3. The average Bonchev–Trinajstić information content (AvgIpc) is 3.09. The summed E-state index contributed by atoms with van der Waals surface area (Å²) in [5.41, 5.74) is 4.64. The van der Waals surface area contributed by atoms with Gasteiger partial charge in [0, 0.05) is 4.90 Å². The van der Waals surface area contributed by atoms with Crippen molar-refractivity contribution in [3.8, 4) is 16.9 Å². The number of hydrogen-bond donors (Lipinski definition) is 0. The molecule has 240 valence electrons. The number of benzene rings is 3. The SMILES string of the molecule is CCCCCCCCCCCSc1ccc(-c2ccc(OC(=O)C3(SCCCCC)C=CC(c4ccccc4)=CC3)cc2)cc1. The molecule has 45 heavy (non-hydrogen) atoms. The fraction of sp³-hybridized carbons (Fsp3) is 0.439. The summed E-state index contributed by atoms with van der Waals surface area (Å²) in [7, 11) is 0. The lowest BCUT2D eigenvalue weighted by molar-refractivity contribution is -0.135. The van der Waals surface area contributed by atoms with Crippen LogP contribution in [0, 0.1) is 0 Å². The Hall–Kier alpha value is -2.69. The maximum atomic E-state index is 13.7. The van der Waals surface area contributed by atoms with Crippen LogP contribution < -0.4 is 4.74 Å². The number of esters is 1. The van der Waals surface area contributed by atoms with Crippen LogP contribution in [0.2, 0.25) is 0 Å². The van der Waals surface area contributed by atoms with Gasteiger partial charge in [0.05, 0.1) is 0 Å². The molecule has 3 aromatic carbocycles. The quantitative estimate of drug-likeness (QED) is 0.0531. The minimum atomic E-state index is -0.702. The molecule has 0 fully saturated rings. The van der Waals surface area contributed by atoms with Gasteiger partial charge in [0.15, 0.2) is 0 Å².